The van der Waals surface area contributed by atoms with Crippen LogP contribution in [0.5, 0.6) is 0 Å². The molecule has 1 aliphatic rings. The van der Waals surface area contributed by atoms with Crippen LogP contribution in [0.1, 0.15) is 25.0 Å². The van der Waals surface area contributed by atoms with Crippen LogP contribution in [0.2, 0.25) is 0 Å². The monoisotopic (exact) mass is 437 g/mol. The zero-order valence-electron chi connectivity index (χ0n) is 17.7. The van der Waals surface area contributed by atoms with Gasteiger partial charge in [-0.3, -0.25) is 4.79 Å². The molecule has 0 spiro atoms. The lowest BCUT2D eigenvalue weighted by Gasteiger charge is -2.17. The summed E-state index contributed by atoms with van der Waals surface area (Å²) in [6, 6.07) is 21.7. The molecule has 4 rings (SSSR count). The molecule has 0 fully saturated rings. The molecule has 3 aromatic carbocycles. The van der Waals surface area contributed by atoms with Gasteiger partial charge in [-0.1, -0.05) is 56.3 Å². The second-order valence-electron chi connectivity index (χ2n) is 6.88. The average molecular weight is 438 g/mol. The number of nitrogens with zero attached hydrogens (tertiary/aromatic N) is 1. The Hall–Kier alpha value is -3.25. The molecule has 4 nitrogen and oxygen atoms in total. The third-order valence-electron chi connectivity index (χ3n) is 4.91. The van der Waals surface area contributed by atoms with E-state index in [9.17, 15) is 17.6 Å². The highest BCUT2D eigenvalue weighted by molar-refractivity contribution is 7.90. The number of sulfone groups is 1. The van der Waals surface area contributed by atoms with Crippen molar-refractivity contribution in [2.45, 2.75) is 18.7 Å². The molecule has 0 aromatic heterocycles. The maximum Gasteiger partial charge on any atom is 0.259 e. The molecule has 0 atom stereocenters. The molecule has 1 heterocycles. The van der Waals surface area contributed by atoms with Crippen molar-refractivity contribution >= 4 is 32.6 Å². The van der Waals surface area contributed by atoms with Crippen LogP contribution in [0.15, 0.2) is 83.8 Å². The minimum absolute atomic E-state index is 0.176. The van der Waals surface area contributed by atoms with Crippen LogP contribution in [0.25, 0.3) is 11.1 Å². The van der Waals surface area contributed by atoms with Crippen molar-refractivity contribution in [2.75, 3.05) is 17.7 Å². The fraction of sp³-hybridized carbons (Fsp3) is 0.160. The number of anilines is 1. The van der Waals surface area contributed by atoms with Gasteiger partial charge in [0.15, 0.2) is 9.84 Å². The predicted octanol–water partition coefficient (Wildman–Crippen LogP) is 5.21. The molecule has 0 aliphatic carbocycles. The molecule has 1 amide bonds. The van der Waals surface area contributed by atoms with E-state index in [0.717, 1.165) is 23.0 Å². The Morgan fingerprint density at radius 1 is 0.806 bits per heavy atom. The Morgan fingerprint density at radius 3 is 1.94 bits per heavy atom. The first-order chi connectivity index (χ1) is 14.8. The van der Waals surface area contributed by atoms with E-state index in [1.807, 2.05) is 44.2 Å². The zero-order valence-corrected chi connectivity index (χ0v) is 18.5. The van der Waals surface area contributed by atoms with Crippen LogP contribution in [0.4, 0.5) is 10.1 Å². The molecular weight excluding hydrogens is 413 g/mol. The van der Waals surface area contributed by atoms with Crippen molar-refractivity contribution in [3.05, 3.63) is 95.8 Å². The number of halogens is 1. The lowest BCUT2D eigenvalue weighted by Crippen LogP contribution is -2.26. The van der Waals surface area contributed by atoms with Gasteiger partial charge in [-0.2, -0.15) is 0 Å². The number of benzene rings is 3. The summed E-state index contributed by atoms with van der Waals surface area (Å²) in [7, 11) is -3.31. The minimum Gasteiger partial charge on any atom is -0.304 e. The zero-order chi connectivity index (χ0) is 22.6. The summed E-state index contributed by atoms with van der Waals surface area (Å²) in [6.45, 7) is 4.31. The van der Waals surface area contributed by atoms with Crippen LogP contribution in [-0.2, 0) is 14.6 Å². The van der Waals surface area contributed by atoms with Gasteiger partial charge < -0.3 is 4.90 Å². The quantitative estimate of drug-likeness (QED) is 0.563. The van der Waals surface area contributed by atoms with Gasteiger partial charge in [0, 0.05) is 11.9 Å². The first-order valence-corrected chi connectivity index (χ1v) is 11.9. The fourth-order valence-corrected chi connectivity index (χ4v) is 4.07. The predicted molar refractivity (Wildman–Crippen MR) is 123 cm³/mol. The maximum absolute atomic E-state index is 13.3. The van der Waals surface area contributed by atoms with Gasteiger partial charge in [-0.15, -0.1) is 0 Å². The van der Waals surface area contributed by atoms with Gasteiger partial charge in [-0.05, 0) is 53.1 Å². The maximum atomic E-state index is 13.3. The highest BCUT2D eigenvalue weighted by atomic mass is 32.2. The van der Waals surface area contributed by atoms with Gasteiger partial charge >= 0.3 is 0 Å². The van der Waals surface area contributed by atoms with E-state index >= 15 is 0 Å². The molecule has 31 heavy (non-hydrogen) atoms. The Labute approximate surface area is 182 Å². The van der Waals surface area contributed by atoms with Crippen LogP contribution in [0, 0.1) is 5.82 Å². The third kappa shape index (κ3) is 4.75. The largest absolute Gasteiger partial charge is 0.304 e. The van der Waals surface area contributed by atoms with E-state index in [-0.39, 0.29) is 16.6 Å². The van der Waals surface area contributed by atoms with Crippen molar-refractivity contribution in [3.63, 3.8) is 0 Å². The van der Waals surface area contributed by atoms with Gasteiger partial charge in [-0.25, -0.2) is 12.8 Å². The SMILES string of the molecule is CC.CS(=O)(=O)c1ccc(C2=C(c3ccccc3)C(=O)N(c3ccc(F)cc3)C2)cc1. The van der Waals surface area contributed by atoms with Crippen LogP contribution >= 0.6 is 0 Å². The molecule has 0 radical (unpaired) electrons. The first-order valence-electron chi connectivity index (χ1n) is 10.0. The van der Waals surface area contributed by atoms with Crippen molar-refractivity contribution in [3.8, 4) is 0 Å². The summed E-state index contributed by atoms with van der Waals surface area (Å²) in [4.78, 5) is 15.1. The standard InChI is InChI=1S/C23H18FNO3S.C2H6/c1-29(27,28)20-13-7-16(8-14-20)21-15-25(19-11-9-18(24)10-12-19)23(26)22(21)17-5-3-2-4-6-17;1-2/h2-14H,15H2,1H3;1-2H3. The summed E-state index contributed by atoms with van der Waals surface area (Å²) in [5, 5.41) is 0. The summed E-state index contributed by atoms with van der Waals surface area (Å²) in [6.07, 6.45) is 1.16. The minimum atomic E-state index is -3.31. The molecule has 160 valence electrons. The molecule has 0 N–H and O–H groups in total. The number of hydrogen-bond donors (Lipinski definition) is 0. The number of carbonyl (C=O) groups excluding carboxylic acids is 1. The number of carbonyl (C=O) groups is 1. The van der Waals surface area contributed by atoms with E-state index in [1.165, 1.54) is 12.1 Å². The summed E-state index contributed by atoms with van der Waals surface area (Å²) in [5.41, 5.74) is 3.51. The van der Waals surface area contributed by atoms with Crippen LogP contribution < -0.4 is 4.90 Å². The van der Waals surface area contributed by atoms with Gasteiger partial charge in [0.2, 0.25) is 0 Å². The summed E-state index contributed by atoms with van der Waals surface area (Å²) >= 11 is 0. The molecule has 6 heteroatoms. The van der Waals surface area contributed by atoms with E-state index in [0.29, 0.717) is 17.8 Å². The number of hydrogen-bond acceptors (Lipinski definition) is 3. The van der Waals surface area contributed by atoms with Crippen molar-refractivity contribution in [1.29, 1.82) is 0 Å². The highest BCUT2D eigenvalue weighted by Gasteiger charge is 2.33. The summed E-state index contributed by atoms with van der Waals surface area (Å²) in [5.74, 6) is -0.543. The molecule has 0 saturated heterocycles. The second kappa shape index (κ2) is 9.27. The van der Waals surface area contributed by atoms with Gasteiger partial charge in [0.25, 0.3) is 5.91 Å². The topological polar surface area (TPSA) is 54.5 Å². The van der Waals surface area contributed by atoms with E-state index in [4.69, 9.17) is 0 Å². The first kappa shape index (κ1) is 22.4. The second-order valence-corrected chi connectivity index (χ2v) is 8.90. The molecular formula is C25H24FNO3S. The number of rotatable bonds is 4. The Morgan fingerprint density at radius 2 is 1.39 bits per heavy atom. The van der Waals surface area contributed by atoms with E-state index in [1.54, 1.807) is 41.3 Å². The molecule has 1 aliphatic heterocycles. The smallest absolute Gasteiger partial charge is 0.259 e. The van der Waals surface area contributed by atoms with Gasteiger partial charge in [0.1, 0.15) is 5.82 Å². The third-order valence-corrected chi connectivity index (χ3v) is 6.04. The van der Waals surface area contributed by atoms with E-state index < -0.39 is 9.84 Å². The molecule has 0 bridgehead atoms. The lowest BCUT2D eigenvalue weighted by atomic mass is 9.97. The Kier molecular flexibility index (Phi) is 6.71. The molecule has 0 unspecified atom stereocenters. The average Bonchev–Trinajstić information content (AvgIpc) is 3.13. The Balaban J connectivity index is 0.00000132. The van der Waals surface area contributed by atoms with Crippen LogP contribution in [-0.4, -0.2) is 27.1 Å². The van der Waals surface area contributed by atoms with Crippen molar-refractivity contribution in [1.82, 2.24) is 0 Å². The van der Waals surface area contributed by atoms with Crippen molar-refractivity contribution in [2.24, 2.45) is 0 Å². The molecule has 0 saturated carbocycles. The molecule has 3 aromatic rings. The number of amides is 1. The normalized spacial score (nSPS) is 13.8. The van der Waals surface area contributed by atoms with Crippen molar-refractivity contribution < 1.29 is 17.6 Å². The van der Waals surface area contributed by atoms with E-state index in [2.05, 4.69) is 0 Å². The Bertz CT molecular complexity index is 1200. The van der Waals surface area contributed by atoms with Gasteiger partial charge in [0.05, 0.1) is 17.0 Å². The lowest BCUT2D eigenvalue weighted by molar-refractivity contribution is -0.112. The van der Waals surface area contributed by atoms with Crippen LogP contribution in [0.3, 0.4) is 0 Å². The highest BCUT2D eigenvalue weighted by Crippen LogP contribution is 2.37. The summed E-state index contributed by atoms with van der Waals surface area (Å²) < 4.78 is 36.9. The fourth-order valence-electron chi connectivity index (χ4n) is 3.44.